The molecule has 6 rings (SSSR count). The Hall–Kier alpha value is -4.44. The molecule has 0 spiro atoms. The molecule has 1 atom stereocenters. The Balaban J connectivity index is 1.46. The monoisotopic (exact) mass is 612 g/mol. The average molecular weight is 613 g/mol. The third-order valence-electron chi connectivity index (χ3n) is 7.96. The molecule has 2 aromatic heterocycles. The van der Waals surface area contributed by atoms with Gasteiger partial charge in [0, 0.05) is 35.8 Å². The number of thiazole rings is 1. The molecular weight excluding hydrogens is 576 g/mol. The number of benzene rings is 2. The quantitative estimate of drug-likeness (QED) is 0.279. The predicted octanol–water partition coefficient (Wildman–Crippen LogP) is 4.16. The maximum Gasteiger partial charge on any atom is 0.338 e. The summed E-state index contributed by atoms with van der Waals surface area (Å²) in [7, 11) is 0. The van der Waals surface area contributed by atoms with Crippen molar-refractivity contribution in [1.29, 1.82) is 0 Å². The Kier molecular flexibility index (Phi) is 8.27. The second kappa shape index (κ2) is 12.3. The molecule has 0 aliphatic carbocycles. The van der Waals surface area contributed by atoms with Gasteiger partial charge >= 0.3 is 5.97 Å². The molecule has 2 aromatic carbocycles. The lowest BCUT2D eigenvalue weighted by Crippen LogP contribution is -2.40. The van der Waals surface area contributed by atoms with Crippen molar-refractivity contribution >= 4 is 40.2 Å². The first-order valence-electron chi connectivity index (χ1n) is 15.1. The Morgan fingerprint density at radius 2 is 1.82 bits per heavy atom. The molecule has 9 nitrogen and oxygen atoms in total. The number of aromatic nitrogens is 2. The summed E-state index contributed by atoms with van der Waals surface area (Å²) in [5.41, 5.74) is 3.12. The molecule has 4 heterocycles. The van der Waals surface area contributed by atoms with E-state index in [9.17, 15) is 14.4 Å². The second-order valence-corrected chi connectivity index (χ2v) is 12.4. The minimum absolute atomic E-state index is 0.0980. The lowest BCUT2D eigenvalue weighted by atomic mass is 9.96. The van der Waals surface area contributed by atoms with Crippen LogP contribution in [0.1, 0.15) is 57.7 Å². The van der Waals surface area contributed by atoms with E-state index in [1.807, 2.05) is 77.2 Å². The minimum Gasteiger partial charge on any atom is -0.494 e. The van der Waals surface area contributed by atoms with E-state index < -0.39 is 12.0 Å². The summed E-state index contributed by atoms with van der Waals surface area (Å²) in [5, 5.41) is 0.952. The Morgan fingerprint density at radius 3 is 2.52 bits per heavy atom. The van der Waals surface area contributed by atoms with Crippen molar-refractivity contribution in [3.8, 4) is 5.75 Å². The van der Waals surface area contributed by atoms with Crippen LogP contribution in [0.3, 0.4) is 0 Å². The van der Waals surface area contributed by atoms with Gasteiger partial charge in [-0.15, -0.1) is 0 Å². The van der Waals surface area contributed by atoms with Crippen LogP contribution < -0.4 is 19.6 Å². The molecular formula is C34H36N4O5S. The molecule has 0 saturated carbocycles. The van der Waals surface area contributed by atoms with E-state index in [2.05, 4.69) is 0 Å². The van der Waals surface area contributed by atoms with Crippen LogP contribution in [0.25, 0.3) is 17.0 Å². The molecule has 0 N–H and O–H groups in total. The fourth-order valence-corrected chi connectivity index (χ4v) is 7.00. The van der Waals surface area contributed by atoms with Crippen molar-refractivity contribution in [2.24, 2.45) is 4.99 Å². The minimum atomic E-state index is -0.713. The van der Waals surface area contributed by atoms with Crippen molar-refractivity contribution in [2.75, 3.05) is 19.7 Å². The normalized spacial score (nSPS) is 16.9. The maximum absolute atomic E-state index is 14.2. The molecule has 1 saturated heterocycles. The summed E-state index contributed by atoms with van der Waals surface area (Å²) in [4.78, 5) is 47.7. The van der Waals surface area contributed by atoms with Crippen LogP contribution in [0.15, 0.2) is 75.8 Å². The number of likely N-dealkylation sites (tertiary alicyclic amines) is 1. The fourth-order valence-electron chi connectivity index (χ4n) is 5.96. The summed E-state index contributed by atoms with van der Waals surface area (Å²) in [6, 6.07) is 14.6. The first kappa shape index (κ1) is 29.6. The molecule has 1 fully saturated rings. The molecule has 0 bridgehead atoms. The number of rotatable bonds is 8. The third-order valence-corrected chi connectivity index (χ3v) is 8.94. The topological polar surface area (TPSA) is 95.1 Å². The number of esters is 1. The predicted molar refractivity (Wildman–Crippen MR) is 170 cm³/mol. The highest BCUT2D eigenvalue weighted by Gasteiger charge is 2.34. The highest BCUT2D eigenvalue weighted by Crippen LogP contribution is 2.32. The number of carbonyl (C=O) groups excluding carboxylic acids is 2. The van der Waals surface area contributed by atoms with Gasteiger partial charge in [0.1, 0.15) is 12.3 Å². The Morgan fingerprint density at radius 1 is 1.09 bits per heavy atom. The van der Waals surface area contributed by atoms with E-state index in [4.69, 9.17) is 14.5 Å². The van der Waals surface area contributed by atoms with E-state index in [0.29, 0.717) is 33.0 Å². The highest BCUT2D eigenvalue weighted by atomic mass is 32.1. The summed E-state index contributed by atoms with van der Waals surface area (Å²) in [5.74, 6) is 0.302. The summed E-state index contributed by atoms with van der Waals surface area (Å²) in [6.07, 6.45) is 5.56. The number of para-hydroxylation sites is 1. The van der Waals surface area contributed by atoms with E-state index in [1.54, 1.807) is 25.3 Å². The Bertz CT molecular complexity index is 1940. The van der Waals surface area contributed by atoms with Crippen molar-refractivity contribution in [3.63, 3.8) is 0 Å². The zero-order valence-corrected chi connectivity index (χ0v) is 26.2. The summed E-state index contributed by atoms with van der Waals surface area (Å²) in [6.45, 7) is 9.66. The summed E-state index contributed by atoms with van der Waals surface area (Å²) < 4.78 is 15.3. The van der Waals surface area contributed by atoms with Crippen LogP contribution in [0.4, 0.5) is 0 Å². The van der Waals surface area contributed by atoms with Crippen LogP contribution in [0.2, 0.25) is 0 Å². The fraction of sp³-hybridized carbons (Fsp3) is 0.353. The standard InChI is InChI=1S/C34H36N4O5S/c1-5-42-25-14-12-23(13-15-25)31-30(33(41)43-21(2)3)22(4)35-34-38(31)32(40)28(44-34)18-24-19-37(27-11-7-6-10-26(24)27)20-29(39)36-16-8-9-17-36/h6-7,10-15,18-19,21,31H,5,8-9,16-17,20H2,1-4H3/b28-18-/t31-/m0/s1. The van der Waals surface area contributed by atoms with Gasteiger partial charge in [-0.2, -0.15) is 0 Å². The number of fused-ring (bicyclic) bond motifs is 2. The Labute approximate surface area is 259 Å². The molecule has 2 aliphatic rings. The molecule has 228 valence electrons. The van der Waals surface area contributed by atoms with Crippen molar-refractivity contribution in [2.45, 2.75) is 59.2 Å². The van der Waals surface area contributed by atoms with Crippen molar-refractivity contribution in [3.05, 3.63) is 96.8 Å². The molecule has 0 radical (unpaired) electrons. The summed E-state index contributed by atoms with van der Waals surface area (Å²) >= 11 is 1.28. The van der Waals surface area contributed by atoms with Gasteiger partial charge < -0.3 is 18.9 Å². The third kappa shape index (κ3) is 5.61. The number of hydrogen-bond acceptors (Lipinski definition) is 7. The first-order chi connectivity index (χ1) is 21.2. The van der Waals surface area contributed by atoms with E-state index in [1.165, 1.54) is 11.3 Å². The van der Waals surface area contributed by atoms with Crippen LogP contribution in [-0.4, -0.2) is 51.7 Å². The van der Waals surface area contributed by atoms with Gasteiger partial charge in [0.05, 0.1) is 34.6 Å². The van der Waals surface area contributed by atoms with Gasteiger partial charge in [-0.25, -0.2) is 9.79 Å². The van der Waals surface area contributed by atoms with Crippen LogP contribution in [0.5, 0.6) is 5.75 Å². The van der Waals surface area contributed by atoms with Gasteiger partial charge in [-0.05, 0) is 70.4 Å². The maximum atomic E-state index is 14.2. The largest absolute Gasteiger partial charge is 0.494 e. The van der Waals surface area contributed by atoms with E-state index in [0.717, 1.165) is 48.0 Å². The average Bonchev–Trinajstić information content (AvgIpc) is 3.72. The zero-order valence-electron chi connectivity index (χ0n) is 25.4. The lowest BCUT2D eigenvalue weighted by molar-refractivity contribution is -0.143. The molecule has 2 aliphatic heterocycles. The first-order valence-corrected chi connectivity index (χ1v) is 15.9. The molecule has 10 heteroatoms. The van der Waals surface area contributed by atoms with Gasteiger partial charge in [0.2, 0.25) is 5.91 Å². The number of hydrogen-bond donors (Lipinski definition) is 0. The van der Waals surface area contributed by atoms with Gasteiger partial charge in [-0.1, -0.05) is 41.7 Å². The van der Waals surface area contributed by atoms with Gasteiger partial charge in [0.25, 0.3) is 5.56 Å². The molecule has 1 amide bonds. The number of carbonyl (C=O) groups is 2. The van der Waals surface area contributed by atoms with E-state index in [-0.39, 0.29) is 24.1 Å². The van der Waals surface area contributed by atoms with Crippen LogP contribution in [0, 0.1) is 0 Å². The SMILES string of the molecule is CCOc1ccc([C@H]2C(C(=O)OC(C)C)=C(C)N=c3s/c(=C\c4cn(CC(=O)N5CCCC5)c5ccccc45)c(=O)n32)cc1. The number of ether oxygens (including phenoxy) is 2. The molecule has 44 heavy (non-hydrogen) atoms. The molecule has 0 unspecified atom stereocenters. The van der Waals surface area contributed by atoms with Crippen molar-refractivity contribution in [1.82, 2.24) is 14.0 Å². The molecule has 4 aromatic rings. The van der Waals surface area contributed by atoms with Crippen LogP contribution in [-0.2, 0) is 20.9 Å². The van der Waals surface area contributed by atoms with E-state index >= 15 is 0 Å². The smallest absolute Gasteiger partial charge is 0.338 e. The second-order valence-electron chi connectivity index (χ2n) is 11.4. The number of amides is 1. The van der Waals surface area contributed by atoms with Crippen LogP contribution >= 0.6 is 11.3 Å². The zero-order chi connectivity index (χ0) is 31.0. The highest BCUT2D eigenvalue weighted by molar-refractivity contribution is 7.07. The van der Waals surface area contributed by atoms with Crippen molar-refractivity contribution < 1.29 is 19.1 Å². The number of allylic oxidation sites excluding steroid dienone is 1. The van der Waals surface area contributed by atoms with Gasteiger partial charge in [0.15, 0.2) is 4.80 Å². The lowest BCUT2D eigenvalue weighted by Gasteiger charge is -2.25. The van der Waals surface area contributed by atoms with Gasteiger partial charge in [-0.3, -0.25) is 14.2 Å². The number of nitrogens with zero attached hydrogens (tertiary/aromatic N) is 4.